The molecule has 0 aromatic carbocycles. The Morgan fingerprint density at radius 2 is 1.37 bits per heavy atom. The average molecular weight is 264 g/mol. The Morgan fingerprint density at radius 3 is 1.84 bits per heavy atom. The van der Waals surface area contributed by atoms with Crippen molar-refractivity contribution in [1.82, 2.24) is 0 Å². The second-order valence-electron chi connectivity index (χ2n) is 7.00. The first-order valence-corrected chi connectivity index (χ1v) is 8.77. The van der Waals surface area contributed by atoms with Gasteiger partial charge in [-0.15, -0.1) is 0 Å². The van der Waals surface area contributed by atoms with Crippen molar-refractivity contribution in [1.29, 1.82) is 0 Å². The smallest absolute Gasteiger partial charge is 0.135 e. The first-order valence-electron chi connectivity index (χ1n) is 8.77. The van der Waals surface area contributed by atoms with Gasteiger partial charge in [0.15, 0.2) is 0 Å². The van der Waals surface area contributed by atoms with Crippen molar-refractivity contribution in [2.24, 2.45) is 23.7 Å². The summed E-state index contributed by atoms with van der Waals surface area (Å²) in [6.45, 7) is 4.33. The summed E-state index contributed by atoms with van der Waals surface area (Å²) in [5, 5.41) is 0. The summed E-state index contributed by atoms with van der Waals surface area (Å²) in [6.07, 6.45) is 14.5. The maximum Gasteiger partial charge on any atom is 0.135 e. The number of ketones is 1. The zero-order chi connectivity index (χ0) is 13.7. The number of Topliss-reactive ketones (excluding diaryl/α,β-unsaturated/α-hetero) is 1. The van der Waals surface area contributed by atoms with Crippen LogP contribution in [0, 0.1) is 23.7 Å². The molecule has 0 aliphatic heterocycles. The van der Waals surface area contributed by atoms with Crippen LogP contribution in [-0.4, -0.2) is 5.78 Å². The summed E-state index contributed by atoms with van der Waals surface area (Å²) >= 11 is 0. The molecule has 0 bridgehead atoms. The lowest BCUT2D eigenvalue weighted by atomic mass is 9.68. The molecule has 1 nitrogen and oxygen atoms in total. The van der Waals surface area contributed by atoms with E-state index in [9.17, 15) is 4.79 Å². The fourth-order valence-electron chi connectivity index (χ4n) is 4.56. The molecule has 110 valence electrons. The summed E-state index contributed by atoms with van der Waals surface area (Å²) in [7, 11) is 0. The van der Waals surface area contributed by atoms with Gasteiger partial charge in [0.1, 0.15) is 5.78 Å². The normalized spacial score (nSPS) is 36.1. The van der Waals surface area contributed by atoms with Gasteiger partial charge in [-0.2, -0.15) is 0 Å². The molecule has 0 heterocycles. The van der Waals surface area contributed by atoms with E-state index in [-0.39, 0.29) is 0 Å². The Morgan fingerprint density at radius 1 is 0.842 bits per heavy atom. The molecule has 0 aromatic rings. The van der Waals surface area contributed by atoms with Crippen molar-refractivity contribution in [3.8, 4) is 0 Å². The van der Waals surface area contributed by atoms with E-state index < -0.39 is 0 Å². The topological polar surface area (TPSA) is 17.1 Å². The molecule has 0 atom stereocenters. The van der Waals surface area contributed by atoms with Gasteiger partial charge in [0.25, 0.3) is 0 Å². The summed E-state index contributed by atoms with van der Waals surface area (Å²) in [5.74, 6) is 3.90. The van der Waals surface area contributed by atoms with Gasteiger partial charge in [-0.25, -0.2) is 0 Å². The van der Waals surface area contributed by atoms with E-state index in [0.717, 1.165) is 24.2 Å². The van der Waals surface area contributed by atoms with Crippen molar-refractivity contribution in [3.63, 3.8) is 0 Å². The summed E-state index contributed by atoms with van der Waals surface area (Å²) < 4.78 is 0. The monoisotopic (exact) mass is 264 g/mol. The van der Waals surface area contributed by atoms with E-state index >= 15 is 0 Å². The van der Waals surface area contributed by atoms with Crippen molar-refractivity contribution in [2.75, 3.05) is 0 Å². The SMILES string of the molecule is CCCC1CCC([C@H]2CC[C@H](C(=O)CC)CC2)CC1. The average Bonchev–Trinajstić information content (AvgIpc) is 2.48. The number of rotatable bonds is 5. The van der Waals surface area contributed by atoms with E-state index in [1.165, 1.54) is 64.2 Å². The molecule has 2 fully saturated rings. The summed E-state index contributed by atoms with van der Waals surface area (Å²) in [4.78, 5) is 11.8. The van der Waals surface area contributed by atoms with Crippen molar-refractivity contribution in [2.45, 2.75) is 84.5 Å². The molecule has 1 heteroatoms. The highest BCUT2D eigenvalue weighted by atomic mass is 16.1. The zero-order valence-corrected chi connectivity index (χ0v) is 13.0. The number of carbonyl (C=O) groups is 1. The van der Waals surface area contributed by atoms with Crippen LogP contribution < -0.4 is 0 Å². The predicted molar refractivity (Wildman–Crippen MR) is 81.1 cm³/mol. The Bertz CT molecular complexity index is 267. The molecule has 2 rings (SSSR count). The minimum Gasteiger partial charge on any atom is -0.299 e. The molecular formula is C18H32O. The van der Waals surface area contributed by atoms with Crippen LogP contribution in [0.5, 0.6) is 0 Å². The highest BCUT2D eigenvalue weighted by molar-refractivity contribution is 5.80. The van der Waals surface area contributed by atoms with Gasteiger partial charge in [-0.3, -0.25) is 4.79 Å². The van der Waals surface area contributed by atoms with Crippen molar-refractivity contribution in [3.05, 3.63) is 0 Å². The molecule has 0 radical (unpaired) electrons. The Labute approximate surface area is 119 Å². The minimum absolute atomic E-state index is 0.415. The van der Waals surface area contributed by atoms with Crippen LogP contribution in [0.1, 0.15) is 84.5 Å². The third-order valence-corrected chi connectivity index (χ3v) is 5.83. The summed E-state index contributed by atoms with van der Waals surface area (Å²) in [6, 6.07) is 0. The third-order valence-electron chi connectivity index (χ3n) is 5.83. The maximum atomic E-state index is 11.8. The summed E-state index contributed by atoms with van der Waals surface area (Å²) in [5.41, 5.74) is 0. The fourth-order valence-corrected chi connectivity index (χ4v) is 4.56. The van der Waals surface area contributed by atoms with Crippen LogP contribution >= 0.6 is 0 Å². The fraction of sp³-hybridized carbons (Fsp3) is 0.944. The molecule has 0 N–H and O–H groups in total. The molecule has 0 unspecified atom stereocenters. The van der Waals surface area contributed by atoms with Gasteiger partial charge in [0, 0.05) is 12.3 Å². The molecule has 2 saturated carbocycles. The Hall–Kier alpha value is -0.330. The Balaban J connectivity index is 1.72. The van der Waals surface area contributed by atoms with Gasteiger partial charge >= 0.3 is 0 Å². The third kappa shape index (κ3) is 4.07. The molecule has 0 aromatic heterocycles. The molecule has 0 saturated heterocycles. The van der Waals surface area contributed by atoms with Gasteiger partial charge in [-0.05, 0) is 56.3 Å². The highest BCUT2D eigenvalue weighted by Gasteiger charge is 2.32. The molecule has 0 amide bonds. The first-order chi connectivity index (χ1) is 9.24. The van der Waals surface area contributed by atoms with Gasteiger partial charge < -0.3 is 0 Å². The van der Waals surface area contributed by atoms with Gasteiger partial charge in [-0.1, -0.05) is 39.5 Å². The maximum absolute atomic E-state index is 11.8. The Kier molecular flexibility index (Phi) is 5.91. The lowest BCUT2D eigenvalue weighted by Crippen LogP contribution is -2.28. The van der Waals surface area contributed by atoms with Crippen LogP contribution in [-0.2, 0) is 4.79 Å². The second kappa shape index (κ2) is 7.45. The van der Waals surface area contributed by atoms with Crippen LogP contribution in [0.15, 0.2) is 0 Å². The van der Waals surface area contributed by atoms with Gasteiger partial charge in [0.05, 0.1) is 0 Å². The molecule has 2 aliphatic carbocycles. The van der Waals surface area contributed by atoms with Crippen molar-refractivity contribution >= 4 is 5.78 Å². The van der Waals surface area contributed by atoms with E-state index in [1.807, 2.05) is 6.92 Å². The standard InChI is InChI=1S/C18H32O/c1-3-5-14-6-8-15(9-7-14)16-10-12-17(13-11-16)18(19)4-2/h14-17H,3-13H2,1-2H3/t14?,15?,16-,17-. The lowest BCUT2D eigenvalue weighted by Gasteiger charge is -2.37. The van der Waals surface area contributed by atoms with E-state index in [1.54, 1.807) is 0 Å². The molecule has 19 heavy (non-hydrogen) atoms. The highest BCUT2D eigenvalue weighted by Crippen LogP contribution is 2.42. The van der Waals surface area contributed by atoms with E-state index in [2.05, 4.69) is 6.92 Å². The molecular weight excluding hydrogens is 232 g/mol. The van der Waals surface area contributed by atoms with E-state index in [4.69, 9.17) is 0 Å². The second-order valence-corrected chi connectivity index (χ2v) is 7.00. The quantitative estimate of drug-likeness (QED) is 0.651. The lowest BCUT2D eigenvalue weighted by molar-refractivity contribution is -0.123. The zero-order valence-electron chi connectivity index (χ0n) is 13.0. The predicted octanol–water partition coefficient (Wildman–Crippen LogP) is 5.38. The number of hydrogen-bond acceptors (Lipinski definition) is 1. The van der Waals surface area contributed by atoms with Crippen molar-refractivity contribution < 1.29 is 4.79 Å². The van der Waals surface area contributed by atoms with Crippen LogP contribution in [0.3, 0.4) is 0 Å². The largest absolute Gasteiger partial charge is 0.299 e. The van der Waals surface area contributed by atoms with Crippen LogP contribution in [0.4, 0.5) is 0 Å². The number of carbonyl (C=O) groups excluding carboxylic acids is 1. The molecule has 2 aliphatic rings. The van der Waals surface area contributed by atoms with Gasteiger partial charge in [0.2, 0.25) is 0 Å². The van der Waals surface area contributed by atoms with Crippen LogP contribution in [0.2, 0.25) is 0 Å². The molecule has 0 spiro atoms. The number of hydrogen-bond donors (Lipinski definition) is 0. The minimum atomic E-state index is 0.415. The first kappa shape index (κ1) is 15.1. The van der Waals surface area contributed by atoms with Crippen LogP contribution in [0.25, 0.3) is 0 Å². The van der Waals surface area contributed by atoms with E-state index in [0.29, 0.717) is 11.7 Å².